The number of aromatic nitrogens is 1. The minimum atomic E-state index is 0.548. The fourth-order valence-electron chi connectivity index (χ4n) is 2.59. The zero-order valence-corrected chi connectivity index (χ0v) is 12.1. The zero-order valence-electron chi connectivity index (χ0n) is 12.1. The van der Waals surface area contributed by atoms with E-state index in [2.05, 4.69) is 53.3 Å². The summed E-state index contributed by atoms with van der Waals surface area (Å²) < 4.78 is 5.61. The molecule has 106 valence electrons. The number of oxazole rings is 1. The Morgan fingerprint density at radius 1 is 1.35 bits per heavy atom. The summed E-state index contributed by atoms with van der Waals surface area (Å²) in [6.45, 7) is 8.33. The Morgan fingerprint density at radius 3 is 2.90 bits per heavy atom. The van der Waals surface area contributed by atoms with Gasteiger partial charge in [0.2, 0.25) is 5.89 Å². The summed E-state index contributed by atoms with van der Waals surface area (Å²) in [5, 5.41) is 3.45. The molecule has 3 rings (SSSR count). The number of nitrogens with zero attached hydrogens (tertiary/aromatic N) is 2. The molecule has 4 heteroatoms. The van der Waals surface area contributed by atoms with Crippen LogP contribution >= 0.6 is 0 Å². The van der Waals surface area contributed by atoms with Gasteiger partial charge in [0, 0.05) is 37.8 Å². The van der Waals surface area contributed by atoms with Crippen LogP contribution in [0.4, 0.5) is 0 Å². The molecule has 2 heterocycles. The Labute approximate surface area is 119 Å². The highest BCUT2D eigenvalue weighted by Crippen LogP contribution is 2.19. The van der Waals surface area contributed by atoms with Crippen LogP contribution in [0.3, 0.4) is 0 Å². The lowest BCUT2D eigenvalue weighted by atomic mass is 10.1. The smallest absolute Gasteiger partial charge is 0.226 e. The number of aryl methyl sites for hydroxylation is 1. The van der Waals surface area contributed by atoms with E-state index in [0.29, 0.717) is 11.9 Å². The van der Waals surface area contributed by atoms with Crippen molar-refractivity contribution >= 4 is 0 Å². The van der Waals surface area contributed by atoms with Gasteiger partial charge in [-0.25, -0.2) is 4.98 Å². The van der Waals surface area contributed by atoms with E-state index in [-0.39, 0.29) is 0 Å². The van der Waals surface area contributed by atoms with E-state index in [1.165, 1.54) is 5.56 Å². The number of benzene rings is 1. The summed E-state index contributed by atoms with van der Waals surface area (Å²) in [6.07, 6.45) is 1.78. The van der Waals surface area contributed by atoms with Crippen molar-refractivity contribution in [2.75, 3.05) is 19.6 Å². The van der Waals surface area contributed by atoms with Gasteiger partial charge in [-0.05, 0) is 26.0 Å². The molecule has 1 N–H and O–H groups in total. The summed E-state index contributed by atoms with van der Waals surface area (Å²) in [5.74, 6) is 0.711. The molecular weight excluding hydrogens is 250 g/mol. The molecule has 0 amide bonds. The van der Waals surface area contributed by atoms with Crippen LogP contribution in [0.5, 0.6) is 0 Å². The van der Waals surface area contributed by atoms with Gasteiger partial charge in [0.15, 0.2) is 0 Å². The summed E-state index contributed by atoms with van der Waals surface area (Å²) in [5.41, 5.74) is 3.29. The van der Waals surface area contributed by atoms with Crippen LogP contribution in [-0.4, -0.2) is 35.6 Å². The summed E-state index contributed by atoms with van der Waals surface area (Å²) in [7, 11) is 0. The molecule has 0 spiro atoms. The Bertz CT molecular complexity index is 561. The third-order valence-electron chi connectivity index (χ3n) is 3.69. The van der Waals surface area contributed by atoms with Gasteiger partial charge in [0.1, 0.15) is 6.26 Å². The van der Waals surface area contributed by atoms with Crippen molar-refractivity contribution in [1.82, 2.24) is 15.2 Å². The topological polar surface area (TPSA) is 41.3 Å². The van der Waals surface area contributed by atoms with Gasteiger partial charge < -0.3 is 9.73 Å². The number of hydrogen-bond acceptors (Lipinski definition) is 4. The predicted molar refractivity (Wildman–Crippen MR) is 79.4 cm³/mol. The first-order chi connectivity index (χ1) is 9.70. The lowest BCUT2D eigenvalue weighted by Crippen LogP contribution is -2.48. The molecule has 20 heavy (non-hydrogen) atoms. The van der Waals surface area contributed by atoms with Gasteiger partial charge in [-0.3, -0.25) is 4.90 Å². The third kappa shape index (κ3) is 3.08. The largest absolute Gasteiger partial charge is 0.444 e. The van der Waals surface area contributed by atoms with E-state index in [1.807, 2.05) is 0 Å². The molecule has 0 saturated carbocycles. The van der Waals surface area contributed by atoms with E-state index in [1.54, 1.807) is 6.26 Å². The van der Waals surface area contributed by atoms with E-state index < -0.39 is 0 Å². The molecule has 1 aliphatic heterocycles. The van der Waals surface area contributed by atoms with Gasteiger partial charge in [-0.2, -0.15) is 0 Å². The Kier molecular flexibility index (Phi) is 3.85. The van der Waals surface area contributed by atoms with Crippen molar-refractivity contribution in [2.45, 2.75) is 26.4 Å². The SMILES string of the molecule is Cc1ccc(-c2nc(CN3CCN[C@@H](C)C3)co2)cc1. The van der Waals surface area contributed by atoms with Gasteiger partial charge in [-0.1, -0.05) is 17.7 Å². The Balaban J connectivity index is 1.69. The average Bonchev–Trinajstić information content (AvgIpc) is 2.88. The van der Waals surface area contributed by atoms with Crippen LogP contribution in [0.2, 0.25) is 0 Å². The highest BCUT2D eigenvalue weighted by Gasteiger charge is 2.17. The maximum absolute atomic E-state index is 5.61. The Hall–Kier alpha value is -1.65. The number of rotatable bonds is 3. The van der Waals surface area contributed by atoms with Crippen molar-refractivity contribution < 1.29 is 4.42 Å². The number of piperazine rings is 1. The first-order valence-corrected chi connectivity index (χ1v) is 7.18. The van der Waals surface area contributed by atoms with Gasteiger partial charge in [0.05, 0.1) is 5.69 Å². The van der Waals surface area contributed by atoms with Gasteiger partial charge in [0.25, 0.3) is 0 Å². The first-order valence-electron chi connectivity index (χ1n) is 7.18. The lowest BCUT2D eigenvalue weighted by molar-refractivity contribution is 0.197. The summed E-state index contributed by atoms with van der Waals surface area (Å²) in [6, 6.07) is 8.82. The molecule has 2 aromatic rings. The van der Waals surface area contributed by atoms with Crippen molar-refractivity contribution in [2.24, 2.45) is 0 Å². The molecule has 1 aromatic carbocycles. The molecular formula is C16H21N3O. The molecule has 0 bridgehead atoms. The molecule has 1 aliphatic rings. The summed E-state index contributed by atoms with van der Waals surface area (Å²) >= 11 is 0. The van der Waals surface area contributed by atoms with Crippen molar-refractivity contribution in [1.29, 1.82) is 0 Å². The maximum atomic E-state index is 5.61. The normalized spacial score (nSPS) is 20.2. The van der Waals surface area contributed by atoms with Crippen LogP contribution in [-0.2, 0) is 6.54 Å². The standard InChI is InChI=1S/C16H21N3O/c1-12-3-5-14(6-4-12)16-18-15(11-20-16)10-19-8-7-17-13(2)9-19/h3-6,11,13,17H,7-10H2,1-2H3/t13-/m0/s1. The second kappa shape index (κ2) is 5.77. The van der Waals surface area contributed by atoms with E-state index in [0.717, 1.165) is 37.4 Å². The van der Waals surface area contributed by atoms with E-state index in [4.69, 9.17) is 4.42 Å². The second-order valence-corrected chi connectivity index (χ2v) is 5.60. The van der Waals surface area contributed by atoms with Crippen LogP contribution in [0.15, 0.2) is 34.9 Å². The van der Waals surface area contributed by atoms with E-state index >= 15 is 0 Å². The third-order valence-corrected chi connectivity index (χ3v) is 3.69. The monoisotopic (exact) mass is 271 g/mol. The lowest BCUT2D eigenvalue weighted by Gasteiger charge is -2.31. The fraction of sp³-hybridized carbons (Fsp3) is 0.438. The number of nitrogens with one attached hydrogen (secondary N) is 1. The minimum absolute atomic E-state index is 0.548. The quantitative estimate of drug-likeness (QED) is 0.931. The predicted octanol–water partition coefficient (Wildman–Crippen LogP) is 2.44. The highest BCUT2D eigenvalue weighted by atomic mass is 16.3. The molecule has 1 saturated heterocycles. The van der Waals surface area contributed by atoms with Crippen LogP contribution in [0, 0.1) is 6.92 Å². The molecule has 4 nitrogen and oxygen atoms in total. The van der Waals surface area contributed by atoms with Crippen LogP contribution < -0.4 is 5.32 Å². The molecule has 0 aliphatic carbocycles. The average molecular weight is 271 g/mol. The first kappa shape index (κ1) is 13.3. The minimum Gasteiger partial charge on any atom is -0.444 e. The molecule has 0 unspecified atom stereocenters. The van der Waals surface area contributed by atoms with Gasteiger partial charge in [-0.15, -0.1) is 0 Å². The molecule has 1 aromatic heterocycles. The molecule has 0 radical (unpaired) electrons. The summed E-state index contributed by atoms with van der Waals surface area (Å²) in [4.78, 5) is 7.02. The number of hydrogen-bond donors (Lipinski definition) is 1. The maximum Gasteiger partial charge on any atom is 0.226 e. The van der Waals surface area contributed by atoms with Gasteiger partial charge >= 0.3 is 0 Å². The van der Waals surface area contributed by atoms with Crippen molar-refractivity contribution in [3.8, 4) is 11.5 Å². The highest BCUT2D eigenvalue weighted by molar-refractivity contribution is 5.53. The van der Waals surface area contributed by atoms with E-state index in [9.17, 15) is 0 Å². The van der Waals surface area contributed by atoms with Crippen molar-refractivity contribution in [3.63, 3.8) is 0 Å². The molecule has 1 atom stereocenters. The second-order valence-electron chi connectivity index (χ2n) is 5.60. The van der Waals surface area contributed by atoms with Crippen molar-refractivity contribution in [3.05, 3.63) is 41.8 Å². The fourth-order valence-corrected chi connectivity index (χ4v) is 2.59. The Morgan fingerprint density at radius 2 is 2.15 bits per heavy atom. The molecule has 1 fully saturated rings. The van der Waals surface area contributed by atoms with Crippen LogP contribution in [0.25, 0.3) is 11.5 Å². The van der Waals surface area contributed by atoms with Crippen LogP contribution in [0.1, 0.15) is 18.2 Å². The zero-order chi connectivity index (χ0) is 13.9.